The van der Waals surface area contributed by atoms with Crippen LogP contribution in [0.4, 0.5) is 0 Å². The summed E-state index contributed by atoms with van der Waals surface area (Å²) in [6, 6.07) is 14.0. The van der Waals surface area contributed by atoms with Gasteiger partial charge in [0.05, 0.1) is 0 Å². The maximum absolute atomic E-state index is 9.68. The molecule has 2 aromatic carbocycles. The Kier molecular flexibility index (Phi) is 3.72. The van der Waals surface area contributed by atoms with Gasteiger partial charge in [0.25, 0.3) is 0 Å². The number of para-hydroxylation sites is 3. The van der Waals surface area contributed by atoms with E-state index in [1.165, 1.54) is 0 Å². The van der Waals surface area contributed by atoms with Crippen molar-refractivity contribution >= 4 is 0 Å². The van der Waals surface area contributed by atoms with Crippen LogP contribution < -0.4 is 4.74 Å². The van der Waals surface area contributed by atoms with Gasteiger partial charge in [0.2, 0.25) is 0 Å². The summed E-state index contributed by atoms with van der Waals surface area (Å²) in [5.74, 6) is 0.854. The Morgan fingerprint density at radius 1 is 0.944 bits per heavy atom. The summed E-state index contributed by atoms with van der Waals surface area (Å²) in [5, 5.41) is 19.3. The Morgan fingerprint density at radius 2 is 1.56 bits per heavy atom. The van der Waals surface area contributed by atoms with Crippen molar-refractivity contribution in [2.45, 2.75) is 19.4 Å². The molecule has 3 heteroatoms. The predicted molar refractivity (Wildman–Crippen MR) is 70.0 cm³/mol. The minimum Gasteiger partial charge on any atom is -0.508 e. The van der Waals surface area contributed by atoms with Gasteiger partial charge < -0.3 is 14.9 Å². The van der Waals surface area contributed by atoms with Crippen LogP contribution in [0.5, 0.6) is 17.2 Å². The van der Waals surface area contributed by atoms with Crippen molar-refractivity contribution in [2.24, 2.45) is 0 Å². The molecule has 2 aromatic rings. The monoisotopic (exact) mass is 244 g/mol. The molecule has 0 aliphatic carbocycles. The van der Waals surface area contributed by atoms with Crippen molar-refractivity contribution in [3.63, 3.8) is 0 Å². The lowest BCUT2D eigenvalue weighted by molar-refractivity contribution is 0.212. The molecule has 2 rings (SSSR count). The highest BCUT2D eigenvalue weighted by Crippen LogP contribution is 2.27. The van der Waals surface area contributed by atoms with Gasteiger partial charge in [0.15, 0.2) is 11.5 Å². The van der Waals surface area contributed by atoms with E-state index in [4.69, 9.17) is 4.74 Å². The minimum atomic E-state index is -0.133. The second-order valence-corrected chi connectivity index (χ2v) is 4.23. The lowest BCUT2D eigenvalue weighted by atomic mass is 10.1. The van der Waals surface area contributed by atoms with Crippen molar-refractivity contribution in [1.29, 1.82) is 0 Å². The molecular formula is C15H16O3. The molecule has 0 saturated heterocycles. The van der Waals surface area contributed by atoms with Crippen LogP contribution in [-0.2, 0) is 6.42 Å². The predicted octanol–water partition coefficient (Wildman–Crippen LogP) is 3.11. The Balaban J connectivity index is 2.04. The van der Waals surface area contributed by atoms with Gasteiger partial charge in [-0.3, -0.25) is 0 Å². The fourth-order valence-electron chi connectivity index (χ4n) is 1.81. The number of phenols is 2. The van der Waals surface area contributed by atoms with Gasteiger partial charge in [-0.15, -0.1) is 0 Å². The van der Waals surface area contributed by atoms with Gasteiger partial charge >= 0.3 is 0 Å². The van der Waals surface area contributed by atoms with E-state index < -0.39 is 0 Å². The SMILES string of the molecule is CC(Cc1ccccc1O)Oc1ccccc1O. The van der Waals surface area contributed by atoms with E-state index in [0.717, 1.165) is 5.56 Å². The summed E-state index contributed by atoms with van der Waals surface area (Å²) < 4.78 is 5.64. The fraction of sp³-hybridized carbons (Fsp3) is 0.200. The zero-order valence-electron chi connectivity index (χ0n) is 10.2. The third kappa shape index (κ3) is 2.94. The van der Waals surface area contributed by atoms with Gasteiger partial charge in [-0.1, -0.05) is 30.3 Å². The number of ether oxygens (including phenoxy) is 1. The molecule has 0 spiro atoms. The molecule has 2 N–H and O–H groups in total. The number of benzene rings is 2. The number of rotatable bonds is 4. The largest absolute Gasteiger partial charge is 0.508 e. The van der Waals surface area contributed by atoms with Crippen LogP contribution in [0.3, 0.4) is 0 Å². The Bertz CT molecular complexity index is 475. The lowest BCUT2D eigenvalue weighted by Gasteiger charge is -2.16. The van der Waals surface area contributed by atoms with E-state index in [-0.39, 0.29) is 17.6 Å². The van der Waals surface area contributed by atoms with Crippen LogP contribution in [0.1, 0.15) is 12.5 Å². The minimum absolute atomic E-state index is 0.127. The van der Waals surface area contributed by atoms with E-state index >= 15 is 0 Å². The molecule has 1 atom stereocenters. The van der Waals surface area contributed by atoms with E-state index in [1.54, 1.807) is 30.3 Å². The molecule has 0 aromatic heterocycles. The Morgan fingerprint density at radius 3 is 2.22 bits per heavy atom. The lowest BCUT2D eigenvalue weighted by Crippen LogP contribution is -2.15. The summed E-state index contributed by atoms with van der Waals surface area (Å²) in [6.07, 6.45) is 0.452. The third-order valence-corrected chi connectivity index (χ3v) is 2.69. The van der Waals surface area contributed by atoms with Crippen LogP contribution >= 0.6 is 0 Å². The van der Waals surface area contributed by atoms with Crippen LogP contribution in [-0.4, -0.2) is 16.3 Å². The first-order valence-corrected chi connectivity index (χ1v) is 5.88. The summed E-state index contributed by atoms with van der Waals surface area (Å²) in [6.45, 7) is 1.90. The molecule has 0 aliphatic heterocycles. The molecule has 0 radical (unpaired) electrons. The van der Waals surface area contributed by atoms with E-state index in [2.05, 4.69) is 0 Å². The summed E-state index contributed by atoms with van der Waals surface area (Å²) >= 11 is 0. The summed E-state index contributed by atoms with van der Waals surface area (Å²) in [5.41, 5.74) is 0.834. The standard InChI is InChI=1S/C15H16O3/c1-11(10-12-6-2-3-7-13(12)16)18-15-9-5-4-8-14(15)17/h2-9,11,16-17H,10H2,1H3. The van der Waals surface area contributed by atoms with Crippen molar-refractivity contribution in [2.75, 3.05) is 0 Å². The topological polar surface area (TPSA) is 49.7 Å². The molecule has 18 heavy (non-hydrogen) atoms. The Labute approximate surface area is 106 Å². The molecule has 0 aliphatic rings. The smallest absolute Gasteiger partial charge is 0.161 e. The van der Waals surface area contributed by atoms with Crippen LogP contribution in [0.2, 0.25) is 0 Å². The molecular weight excluding hydrogens is 228 g/mol. The highest BCUT2D eigenvalue weighted by atomic mass is 16.5. The van der Waals surface area contributed by atoms with Gasteiger partial charge in [-0.25, -0.2) is 0 Å². The van der Waals surface area contributed by atoms with E-state index in [9.17, 15) is 10.2 Å². The number of aromatic hydroxyl groups is 2. The molecule has 0 saturated carbocycles. The number of hydrogen-bond donors (Lipinski definition) is 2. The summed E-state index contributed by atoms with van der Waals surface area (Å²) in [7, 11) is 0. The van der Waals surface area contributed by atoms with Gasteiger partial charge in [-0.05, 0) is 30.7 Å². The second-order valence-electron chi connectivity index (χ2n) is 4.23. The molecule has 0 heterocycles. The van der Waals surface area contributed by atoms with Gasteiger partial charge in [0.1, 0.15) is 11.9 Å². The van der Waals surface area contributed by atoms with E-state index in [0.29, 0.717) is 12.2 Å². The van der Waals surface area contributed by atoms with Crippen LogP contribution in [0.25, 0.3) is 0 Å². The zero-order valence-corrected chi connectivity index (χ0v) is 10.2. The van der Waals surface area contributed by atoms with Gasteiger partial charge in [0, 0.05) is 6.42 Å². The second kappa shape index (κ2) is 5.45. The normalized spacial score (nSPS) is 12.1. The Hall–Kier alpha value is -2.16. The summed E-state index contributed by atoms with van der Waals surface area (Å²) in [4.78, 5) is 0. The van der Waals surface area contributed by atoms with Crippen molar-refractivity contribution in [1.82, 2.24) is 0 Å². The van der Waals surface area contributed by atoms with Crippen molar-refractivity contribution < 1.29 is 14.9 Å². The highest BCUT2D eigenvalue weighted by molar-refractivity contribution is 5.38. The maximum atomic E-state index is 9.68. The van der Waals surface area contributed by atoms with Crippen molar-refractivity contribution in [3.8, 4) is 17.2 Å². The molecule has 3 nitrogen and oxygen atoms in total. The van der Waals surface area contributed by atoms with Gasteiger partial charge in [-0.2, -0.15) is 0 Å². The first-order valence-electron chi connectivity index (χ1n) is 5.88. The quantitative estimate of drug-likeness (QED) is 0.868. The molecule has 0 bridgehead atoms. The number of hydrogen-bond acceptors (Lipinski definition) is 3. The average Bonchev–Trinajstić information content (AvgIpc) is 2.35. The van der Waals surface area contributed by atoms with E-state index in [1.807, 2.05) is 25.1 Å². The van der Waals surface area contributed by atoms with Crippen molar-refractivity contribution in [3.05, 3.63) is 54.1 Å². The molecule has 0 amide bonds. The molecule has 1 unspecified atom stereocenters. The number of phenolic OH excluding ortho intramolecular Hbond substituents is 2. The first-order chi connectivity index (χ1) is 8.66. The average molecular weight is 244 g/mol. The fourth-order valence-corrected chi connectivity index (χ4v) is 1.81. The first kappa shape index (κ1) is 12.3. The zero-order chi connectivity index (χ0) is 13.0. The van der Waals surface area contributed by atoms with Crippen LogP contribution in [0.15, 0.2) is 48.5 Å². The highest BCUT2D eigenvalue weighted by Gasteiger charge is 2.10. The molecule has 94 valence electrons. The van der Waals surface area contributed by atoms with Crippen LogP contribution in [0, 0.1) is 0 Å². The third-order valence-electron chi connectivity index (χ3n) is 2.69. The molecule has 0 fully saturated rings. The maximum Gasteiger partial charge on any atom is 0.161 e.